The number of nitrogens with one attached hydrogen (secondary N) is 1. The minimum Gasteiger partial charge on any atom is -0.355 e. The molecule has 0 aliphatic heterocycles. The standard InChI is InChI=1S/C14H22N2O.ClH/c1-11-4-6-12(7-5-11)14(2,3)10-16-13(17)8-9-15;/h4-7H,8-10,15H2,1-3H3,(H,16,17);1H. The minimum atomic E-state index is -0.0576. The molecular weight excluding hydrogens is 248 g/mol. The lowest BCUT2D eigenvalue weighted by Gasteiger charge is -2.25. The van der Waals surface area contributed by atoms with Crippen molar-refractivity contribution in [3.8, 4) is 0 Å². The van der Waals surface area contributed by atoms with E-state index in [2.05, 4.69) is 50.4 Å². The monoisotopic (exact) mass is 270 g/mol. The van der Waals surface area contributed by atoms with Gasteiger partial charge in [0.05, 0.1) is 0 Å². The Morgan fingerprint density at radius 3 is 2.33 bits per heavy atom. The normalized spacial score (nSPS) is 10.7. The third-order valence-corrected chi connectivity index (χ3v) is 2.93. The van der Waals surface area contributed by atoms with Gasteiger partial charge in [-0.3, -0.25) is 4.79 Å². The molecular formula is C14H23ClN2O. The van der Waals surface area contributed by atoms with Gasteiger partial charge in [-0.25, -0.2) is 0 Å². The van der Waals surface area contributed by atoms with Gasteiger partial charge in [-0.05, 0) is 12.5 Å². The van der Waals surface area contributed by atoms with Crippen molar-refractivity contribution in [2.75, 3.05) is 13.1 Å². The number of nitrogens with two attached hydrogens (primary N) is 1. The van der Waals surface area contributed by atoms with E-state index in [0.29, 0.717) is 19.5 Å². The topological polar surface area (TPSA) is 55.1 Å². The number of rotatable bonds is 5. The summed E-state index contributed by atoms with van der Waals surface area (Å²) in [5.74, 6) is 0.0210. The highest BCUT2D eigenvalue weighted by Crippen LogP contribution is 2.22. The highest BCUT2D eigenvalue weighted by molar-refractivity contribution is 5.85. The van der Waals surface area contributed by atoms with E-state index in [1.54, 1.807) is 0 Å². The first-order valence-corrected chi connectivity index (χ1v) is 5.99. The van der Waals surface area contributed by atoms with Gasteiger partial charge >= 0.3 is 0 Å². The van der Waals surface area contributed by atoms with Crippen LogP contribution in [0.25, 0.3) is 0 Å². The maximum Gasteiger partial charge on any atom is 0.221 e. The van der Waals surface area contributed by atoms with E-state index in [1.807, 2.05) is 0 Å². The van der Waals surface area contributed by atoms with Gasteiger partial charge in [-0.1, -0.05) is 43.7 Å². The summed E-state index contributed by atoms with van der Waals surface area (Å²) in [5, 5.41) is 2.92. The zero-order valence-electron chi connectivity index (χ0n) is 11.3. The van der Waals surface area contributed by atoms with Gasteiger partial charge in [0.1, 0.15) is 0 Å². The van der Waals surface area contributed by atoms with Crippen LogP contribution in [-0.2, 0) is 10.2 Å². The van der Waals surface area contributed by atoms with E-state index in [1.165, 1.54) is 11.1 Å². The second-order valence-electron chi connectivity index (χ2n) is 5.07. The number of hydrogen-bond acceptors (Lipinski definition) is 2. The number of benzene rings is 1. The summed E-state index contributed by atoms with van der Waals surface area (Å²) >= 11 is 0. The smallest absolute Gasteiger partial charge is 0.221 e. The lowest BCUT2D eigenvalue weighted by Crippen LogP contribution is -2.37. The molecule has 18 heavy (non-hydrogen) atoms. The minimum absolute atomic E-state index is 0. The Hall–Kier alpha value is -1.06. The summed E-state index contributed by atoms with van der Waals surface area (Å²) in [7, 11) is 0. The SMILES string of the molecule is Cc1ccc(C(C)(C)CNC(=O)CCN)cc1.Cl. The number of carbonyl (C=O) groups excluding carboxylic acids is 1. The summed E-state index contributed by atoms with van der Waals surface area (Å²) < 4.78 is 0. The van der Waals surface area contributed by atoms with E-state index >= 15 is 0 Å². The molecule has 0 saturated heterocycles. The Balaban J connectivity index is 0.00000289. The summed E-state index contributed by atoms with van der Waals surface area (Å²) in [4.78, 5) is 11.4. The molecule has 0 aliphatic rings. The Kier molecular flexibility index (Phi) is 6.96. The zero-order chi connectivity index (χ0) is 12.9. The van der Waals surface area contributed by atoms with Crippen LogP contribution in [0.3, 0.4) is 0 Å². The van der Waals surface area contributed by atoms with Crippen LogP contribution in [0.15, 0.2) is 24.3 Å². The molecule has 3 N–H and O–H groups in total. The van der Waals surface area contributed by atoms with Gasteiger partial charge in [0.2, 0.25) is 5.91 Å². The summed E-state index contributed by atoms with van der Waals surface area (Å²) in [6, 6.07) is 8.42. The van der Waals surface area contributed by atoms with Crippen molar-refractivity contribution in [2.24, 2.45) is 5.73 Å². The molecule has 0 unspecified atom stereocenters. The maximum absolute atomic E-state index is 11.4. The molecule has 0 spiro atoms. The van der Waals surface area contributed by atoms with E-state index in [-0.39, 0.29) is 23.7 Å². The molecule has 0 atom stereocenters. The second kappa shape index (κ2) is 7.39. The largest absolute Gasteiger partial charge is 0.355 e. The van der Waals surface area contributed by atoms with E-state index in [0.717, 1.165) is 0 Å². The number of hydrogen-bond donors (Lipinski definition) is 2. The van der Waals surface area contributed by atoms with Crippen molar-refractivity contribution in [3.05, 3.63) is 35.4 Å². The third kappa shape index (κ3) is 5.07. The van der Waals surface area contributed by atoms with E-state index in [9.17, 15) is 4.79 Å². The van der Waals surface area contributed by atoms with Crippen LogP contribution in [0.5, 0.6) is 0 Å². The number of amides is 1. The predicted octanol–water partition coefficient (Wildman–Crippen LogP) is 2.16. The van der Waals surface area contributed by atoms with Crippen LogP contribution in [0.2, 0.25) is 0 Å². The van der Waals surface area contributed by atoms with Crippen LogP contribution < -0.4 is 11.1 Å². The fourth-order valence-corrected chi connectivity index (χ4v) is 1.65. The molecule has 0 radical (unpaired) electrons. The molecule has 0 heterocycles. The molecule has 102 valence electrons. The van der Waals surface area contributed by atoms with Gasteiger partial charge < -0.3 is 11.1 Å². The molecule has 1 rings (SSSR count). The Labute approximate surface area is 116 Å². The third-order valence-electron chi connectivity index (χ3n) is 2.93. The molecule has 1 aromatic rings. The van der Waals surface area contributed by atoms with Crippen molar-refractivity contribution in [1.29, 1.82) is 0 Å². The molecule has 3 nitrogen and oxygen atoms in total. The molecule has 0 fully saturated rings. The quantitative estimate of drug-likeness (QED) is 0.862. The number of aryl methyl sites for hydroxylation is 1. The highest BCUT2D eigenvalue weighted by Gasteiger charge is 2.20. The van der Waals surface area contributed by atoms with Crippen molar-refractivity contribution < 1.29 is 4.79 Å². The predicted molar refractivity (Wildman–Crippen MR) is 78.1 cm³/mol. The summed E-state index contributed by atoms with van der Waals surface area (Å²) in [6.45, 7) is 7.35. The maximum atomic E-state index is 11.4. The Bertz CT molecular complexity index is 374. The van der Waals surface area contributed by atoms with Gasteiger partial charge in [0.25, 0.3) is 0 Å². The van der Waals surface area contributed by atoms with Gasteiger partial charge in [-0.2, -0.15) is 0 Å². The van der Waals surface area contributed by atoms with Crippen LogP contribution in [0.4, 0.5) is 0 Å². The lowest BCUT2D eigenvalue weighted by atomic mass is 9.84. The molecule has 1 aromatic carbocycles. The van der Waals surface area contributed by atoms with Gasteiger partial charge in [0, 0.05) is 24.9 Å². The first kappa shape index (κ1) is 16.9. The highest BCUT2D eigenvalue weighted by atomic mass is 35.5. The molecule has 0 aliphatic carbocycles. The van der Waals surface area contributed by atoms with Crippen molar-refractivity contribution in [3.63, 3.8) is 0 Å². The Morgan fingerprint density at radius 2 is 1.83 bits per heavy atom. The average molecular weight is 271 g/mol. The van der Waals surface area contributed by atoms with Gasteiger partial charge in [0.15, 0.2) is 0 Å². The lowest BCUT2D eigenvalue weighted by molar-refractivity contribution is -0.121. The molecule has 0 bridgehead atoms. The number of carbonyl (C=O) groups is 1. The van der Waals surface area contributed by atoms with E-state index < -0.39 is 0 Å². The van der Waals surface area contributed by atoms with Crippen LogP contribution >= 0.6 is 12.4 Å². The first-order valence-electron chi connectivity index (χ1n) is 5.99. The second-order valence-corrected chi connectivity index (χ2v) is 5.07. The van der Waals surface area contributed by atoms with Crippen LogP contribution in [-0.4, -0.2) is 19.0 Å². The average Bonchev–Trinajstić information content (AvgIpc) is 2.28. The molecule has 4 heteroatoms. The fourth-order valence-electron chi connectivity index (χ4n) is 1.65. The first-order chi connectivity index (χ1) is 7.95. The van der Waals surface area contributed by atoms with Gasteiger partial charge in [-0.15, -0.1) is 12.4 Å². The summed E-state index contributed by atoms with van der Waals surface area (Å²) in [6.07, 6.45) is 0.393. The van der Waals surface area contributed by atoms with Crippen molar-refractivity contribution in [2.45, 2.75) is 32.6 Å². The van der Waals surface area contributed by atoms with Crippen LogP contribution in [0, 0.1) is 6.92 Å². The molecule has 1 amide bonds. The Morgan fingerprint density at radius 1 is 1.28 bits per heavy atom. The van der Waals surface area contributed by atoms with Crippen molar-refractivity contribution in [1.82, 2.24) is 5.32 Å². The van der Waals surface area contributed by atoms with Crippen LogP contribution in [0.1, 0.15) is 31.4 Å². The van der Waals surface area contributed by atoms with E-state index in [4.69, 9.17) is 5.73 Å². The van der Waals surface area contributed by atoms with Crippen molar-refractivity contribution >= 4 is 18.3 Å². The number of halogens is 1. The fraction of sp³-hybridized carbons (Fsp3) is 0.500. The molecule has 0 saturated carbocycles. The summed E-state index contributed by atoms with van der Waals surface area (Å²) in [5.41, 5.74) is 7.76. The molecule has 0 aromatic heterocycles. The zero-order valence-corrected chi connectivity index (χ0v) is 12.1.